The Hall–Kier alpha value is -4.26. The molecule has 2 N–H and O–H groups in total. The van der Waals surface area contributed by atoms with Gasteiger partial charge in [-0.1, -0.05) is 54.1 Å². The molecule has 0 radical (unpaired) electrons. The van der Waals surface area contributed by atoms with E-state index in [1.165, 1.54) is 18.2 Å². The molecular formula is C25H20FN3O3. The average molecular weight is 429 g/mol. The van der Waals surface area contributed by atoms with Gasteiger partial charge >= 0.3 is 0 Å². The molecule has 7 heteroatoms. The third-order valence-corrected chi connectivity index (χ3v) is 4.85. The van der Waals surface area contributed by atoms with Crippen molar-refractivity contribution in [2.45, 2.75) is 13.5 Å². The highest BCUT2D eigenvalue weighted by atomic mass is 19.1. The van der Waals surface area contributed by atoms with Crippen LogP contribution in [0.4, 0.5) is 10.1 Å². The first-order valence-electron chi connectivity index (χ1n) is 9.95. The summed E-state index contributed by atoms with van der Waals surface area (Å²) in [6.45, 7) is 2.32. The Labute approximate surface area is 184 Å². The minimum absolute atomic E-state index is 0.0723. The van der Waals surface area contributed by atoms with Gasteiger partial charge in [0.25, 0.3) is 11.8 Å². The Bertz CT molecular complexity index is 1270. The van der Waals surface area contributed by atoms with Crippen molar-refractivity contribution < 1.29 is 18.4 Å². The fraction of sp³-hybridized carbons (Fsp3) is 0.0800. The number of aryl methyl sites for hydroxylation is 1. The highest BCUT2D eigenvalue weighted by Gasteiger charge is 2.22. The summed E-state index contributed by atoms with van der Waals surface area (Å²) in [5.41, 5.74) is 3.14. The SMILES string of the molecule is Cc1ccc(CNC(=O)c2ncoc2-c2ccccc2C(=O)Nc2cccc(F)c2)cc1. The van der Waals surface area contributed by atoms with Crippen molar-refractivity contribution >= 4 is 17.5 Å². The number of halogens is 1. The number of nitrogens with zero attached hydrogens (tertiary/aromatic N) is 1. The lowest BCUT2D eigenvalue weighted by Crippen LogP contribution is -2.24. The minimum Gasteiger partial charge on any atom is -0.443 e. The van der Waals surface area contributed by atoms with Crippen LogP contribution in [0.3, 0.4) is 0 Å². The van der Waals surface area contributed by atoms with Gasteiger partial charge in [0.1, 0.15) is 5.82 Å². The molecule has 0 aliphatic heterocycles. The lowest BCUT2D eigenvalue weighted by Gasteiger charge is -2.10. The third kappa shape index (κ3) is 4.73. The molecule has 3 aromatic carbocycles. The predicted octanol–water partition coefficient (Wildman–Crippen LogP) is 4.97. The second-order valence-corrected chi connectivity index (χ2v) is 7.21. The van der Waals surface area contributed by atoms with Crippen LogP contribution in [0, 0.1) is 12.7 Å². The quantitative estimate of drug-likeness (QED) is 0.453. The number of aromatic nitrogens is 1. The standard InChI is InChI=1S/C25H20FN3O3/c1-16-9-11-17(12-10-16)14-27-25(31)22-23(32-15-28-22)20-7-2-3-8-21(20)24(30)29-19-6-4-5-18(26)13-19/h2-13,15H,14H2,1H3,(H,27,31)(H,29,30). The molecule has 0 unspecified atom stereocenters. The van der Waals surface area contributed by atoms with Gasteiger partial charge in [-0.05, 0) is 36.8 Å². The second-order valence-electron chi connectivity index (χ2n) is 7.21. The van der Waals surface area contributed by atoms with Crippen LogP contribution < -0.4 is 10.6 Å². The van der Waals surface area contributed by atoms with Crippen LogP contribution in [0.1, 0.15) is 32.0 Å². The Morgan fingerprint density at radius 1 is 0.969 bits per heavy atom. The van der Waals surface area contributed by atoms with Gasteiger partial charge in [0.05, 0.1) is 5.56 Å². The van der Waals surface area contributed by atoms with Gasteiger partial charge in [-0.2, -0.15) is 0 Å². The number of carbonyl (C=O) groups is 2. The molecule has 0 atom stereocenters. The second kappa shape index (κ2) is 9.26. The van der Waals surface area contributed by atoms with Gasteiger partial charge in [0.15, 0.2) is 17.8 Å². The summed E-state index contributed by atoms with van der Waals surface area (Å²) in [7, 11) is 0. The van der Waals surface area contributed by atoms with Crippen molar-refractivity contribution in [2.24, 2.45) is 0 Å². The van der Waals surface area contributed by atoms with E-state index in [2.05, 4.69) is 15.6 Å². The first-order valence-corrected chi connectivity index (χ1v) is 9.95. The van der Waals surface area contributed by atoms with Crippen molar-refractivity contribution in [3.8, 4) is 11.3 Å². The van der Waals surface area contributed by atoms with Crippen LogP contribution in [0.5, 0.6) is 0 Å². The molecular weight excluding hydrogens is 409 g/mol. The number of benzene rings is 3. The predicted molar refractivity (Wildman–Crippen MR) is 119 cm³/mol. The lowest BCUT2D eigenvalue weighted by atomic mass is 10.0. The van der Waals surface area contributed by atoms with E-state index in [1.54, 1.807) is 30.3 Å². The van der Waals surface area contributed by atoms with Crippen LogP contribution in [0.2, 0.25) is 0 Å². The maximum Gasteiger partial charge on any atom is 0.274 e. The molecule has 2 amide bonds. The summed E-state index contributed by atoms with van der Waals surface area (Å²) in [6, 6.07) is 20.1. The van der Waals surface area contributed by atoms with E-state index in [0.29, 0.717) is 17.8 Å². The molecule has 0 bridgehead atoms. The maximum atomic E-state index is 13.5. The molecule has 0 aliphatic rings. The zero-order chi connectivity index (χ0) is 22.5. The minimum atomic E-state index is -0.464. The molecule has 1 heterocycles. The summed E-state index contributed by atoms with van der Waals surface area (Å²) >= 11 is 0. The number of anilines is 1. The molecule has 0 spiro atoms. The van der Waals surface area contributed by atoms with Gasteiger partial charge in [-0.15, -0.1) is 0 Å². The van der Waals surface area contributed by atoms with Crippen LogP contribution in [0.15, 0.2) is 83.6 Å². The zero-order valence-electron chi connectivity index (χ0n) is 17.3. The van der Waals surface area contributed by atoms with Crippen molar-refractivity contribution in [1.82, 2.24) is 10.3 Å². The molecule has 0 saturated heterocycles. The molecule has 32 heavy (non-hydrogen) atoms. The highest BCUT2D eigenvalue weighted by Crippen LogP contribution is 2.27. The molecule has 1 aromatic heterocycles. The Morgan fingerprint density at radius 3 is 2.53 bits per heavy atom. The first kappa shape index (κ1) is 21.0. The largest absolute Gasteiger partial charge is 0.443 e. The van der Waals surface area contributed by atoms with E-state index in [-0.39, 0.29) is 17.0 Å². The van der Waals surface area contributed by atoms with E-state index in [9.17, 15) is 14.0 Å². The summed E-state index contributed by atoms with van der Waals surface area (Å²) in [6.07, 6.45) is 1.16. The number of hydrogen-bond donors (Lipinski definition) is 2. The fourth-order valence-corrected chi connectivity index (χ4v) is 3.21. The van der Waals surface area contributed by atoms with Crippen molar-refractivity contribution in [3.63, 3.8) is 0 Å². The molecule has 4 rings (SSSR count). The van der Waals surface area contributed by atoms with Crippen LogP contribution in [-0.4, -0.2) is 16.8 Å². The van der Waals surface area contributed by atoms with Gasteiger partial charge in [0.2, 0.25) is 0 Å². The molecule has 4 aromatic rings. The van der Waals surface area contributed by atoms with Crippen molar-refractivity contribution in [1.29, 1.82) is 0 Å². The number of hydrogen-bond acceptors (Lipinski definition) is 4. The number of amides is 2. The van der Waals surface area contributed by atoms with Gasteiger partial charge in [-0.25, -0.2) is 9.37 Å². The number of nitrogens with one attached hydrogen (secondary N) is 2. The highest BCUT2D eigenvalue weighted by molar-refractivity contribution is 6.09. The van der Waals surface area contributed by atoms with Crippen LogP contribution in [-0.2, 0) is 6.54 Å². The first-order chi connectivity index (χ1) is 15.5. The molecule has 0 saturated carbocycles. The molecule has 6 nitrogen and oxygen atoms in total. The summed E-state index contributed by atoms with van der Waals surface area (Å²) < 4.78 is 18.9. The van der Waals surface area contributed by atoms with Gasteiger partial charge in [-0.3, -0.25) is 9.59 Å². The molecule has 0 fully saturated rings. The smallest absolute Gasteiger partial charge is 0.274 e. The van der Waals surface area contributed by atoms with Crippen LogP contribution in [0.25, 0.3) is 11.3 Å². The number of rotatable bonds is 6. The number of oxazole rings is 1. The fourth-order valence-electron chi connectivity index (χ4n) is 3.21. The Kier molecular flexibility index (Phi) is 6.07. The topological polar surface area (TPSA) is 84.2 Å². The van der Waals surface area contributed by atoms with Gasteiger partial charge < -0.3 is 15.1 Å². The zero-order valence-corrected chi connectivity index (χ0v) is 17.3. The maximum absolute atomic E-state index is 13.5. The average Bonchev–Trinajstić information content (AvgIpc) is 3.28. The Balaban J connectivity index is 1.56. The van der Waals surface area contributed by atoms with Crippen LogP contribution >= 0.6 is 0 Å². The molecule has 0 aliphatic carbocycles. The lowest BCUT2D eigenvalue weighted by molar-refractivity contribution is 0.0945. The summed E-state index contributed by atoms with van der Waals surface area (Å²) in [5, 5.41) is 5.48. The van der Waals surface area contributed by atoms with E-state index in [4.69, 9.17) is 4.42 Å². The third-order valence-electron chi connectivity index (χ3n) is 4.85. The Morgan fingerprint density at radius 2 is 1.75 bits per heavy atom. The van der Waals surface area contributed by atoms with Gasteiger partial charge in [0, 0.05) is 17.8 Å². The molecule has 160 valence electrons. The summed E-state index contributed by atoms with van der Waals surface area (Å²) in [5.74, 6) is -1.17. The normalized spacial score (nSPS) is 10.6. The van der Waals surface area contributed by atoms with Crippen molar-refractivity contribution in [2.75, 3.05) is 5.32 Å². The summed E-state index contributed by atoms with van der Waals surface area (Å²) in [4.78, 5) is 29.7. The van der Waals surface area contributed by atoms with E-state index in [1.807, 2.05) is 31.2 Å². The monoisotopic (exact) mass is 429 g/mol. The number of carbonyl (C=O) groups excluding carboxylic acids is 2. The van der Waals surface area contributed by atoms with E-state index >= 15 is 0 Å². The van der Waals surface area contributed by atoms with E-state index < -0.39 is 17.6 Å². The van der Waals surface area contributed by atoms with Crippen molar-refractivity contribution in [3.05, 3.63) is 107 Å². The van der Waals surface area contributed by atoms with E-state index in [0.717, 1.165) is 17.5 Å².